The van der Waals surface area contributed by atoms with E-state index in [0.29, 0.717) is 34.7 Å². The molecular weight excluding hydrogens is 448 g/mol. The number of rotatable bonds is 7. The number of aromatic nitrogens is 1. The molecule has 0 spiro atoms. The molecule has 0 bridgehead atoms. The van der Waals surface area contributed by atoms with Crippen LogP contribution in [0.15, 0.2) is 78.6 Å². The van der Waals surface area contributed by atoms with Crippen molar-refractivity contribution in [3.8, 4) is 5.75 Å². The maximum Gasteiger partial charge on any atom is 0.310 e. The minimum absolute atomic E-state index is 0.0492. The Bertz CT molecular complexity index is 1280. The number of carbonyl (C=O) groups is 3. The van der Waals surface area contributed by atoms with E-state index in [-0.39, 0.29) is 23.7 Å². The molecule has 35 heavy (non-hydrogen) atoms. The lowest BCUT2D eigenvalue weighted by Crippen LogP contribution is -2.29. The Morgan fingerprint density at radius 1 is 1.09 bits per heavy atom. The van der Waals surface area contributed by atoms with Crippen LogP contribution in [0.4, 0.5) is 5.69 Å². The number of ether oxygens (including phenoxy) is 2. The van der Waals surface area contributed by atoms with Crippen molar-refractivity contribution in [2.45, 2.75) is 19.4 Å². The third kappa shape index (κ3) is 4.77. The minimum Gasteiger partial charge on any atom is -0.507 e. The molecule has 1 amide bonds. The first-order chi connectivity index (χ1) is 16.9. The smallest absolute Gasteiger partial charge is 0.310 e. The molecule has 3 aromatic rings. The summed E-state index contributed by atoms with van der Waals surface area (Å²) < 4.78 is 10.2. The summed E-state index contributed by atoms with van der Waals surface area (Å²) in [6.07, 6.45) is 3.23. The molecular formula is C27H24N2O6. The third-order valence-electron chi connectivity index (χ3n) is 5.66. The average Bonchev–Trinajstić information content (AvgIpc) is 3.15. The highest BCUT2D eigenvalue weighted by molar-refractivity contribution is 6.51. The van der Waals surface area contributed by atoms with Gasteiger partial charge in [0.25, 0.3) is 11.7 Å². The number of nitrogens with zero attached hydrogens (tertiary/aromatic N) is 2. The molecule has 1 saturated heterocycles. The van der Waals surface area contributed by atoms with Crippen LogP contribution in [-0.2, 0) is 25.5 Å². The number of Topliss-reactive ketones (excluding diaryl/α,β-unsaturated/α-hetero) is 1. The van der Waals surface area contributed by atoms with Gasteiger partial charge in [-0.15, -0.1) is 0 Å². The van der Waals surface area contributed by atoms with Gasteiger partial charge in [0.05, 0.1) is 31.8 Å². The number of aliphatic hydroxyl groups excluding tert-OH is 1. The second kappa shape index (κ2) is 10.2. The predicted molar refractivity (Wildman–Crippen MR) is 129 cm³/mol. The summed E-state index contributed by atoms with van der Waals surface area (Å²) in [5, 5.41) is 11.2. The average molecular weight is 472 g/mol. The van der Waals surface area contributed by atoms with Crippen LogP contribution in [-0.4, -0.2) is 41.5 Å². The van der Waals surface area contributed by atoms with Gasteiger partial charge in [0.1, 0.15) is 11.5 Å². The molecule has 1 aliphatic rings. The van der Waals surface area contributed by atoms with E-state index in [4.69, 9.17) is 9.47 Å². The van der Waals surface area contributed by atoms with Gasteiger partial charge in [-0.05, 0) is 48.4 Å². The van der Waals surface area contributed by atoms with Crippen molar-refractivity contribution in [2.75, 3.05) is 18.6 Å². The molecule has 1 N–H and O–H groups in total. The highest BCUT2D eigenvalue weighted by atomic mass is 16.5. The van der Waals surface area contributed by atoms with Gasteiger partial charge in [0, 0.05) is 23.6 Å². The number of carbonyl (C=O) groups excluding carboxylic acids is 3. The largest absolute Gasteiger partial charge is 0.507 e. The summed E-state index contributed by atoms with van der Waals surface area (Å²) in [6, 6.07) is 15.9. The van der Waals surface area contributed by atoms with E-state index in [1.807, 2.05) is 0 Å². The normalized spacial score (nSPS) is 16.9. The Morgan fingerprint density at radius 2 is 1.86 bits per heavy atom. The van der Waals surface area contributed by atoms with E-state index >= 15 is 0 Å². The van der Waals surface area contributed by atoms with E-state index in [9.17, 15) is 19.5 Å². The highest BCUT2D eigenvalue weighted by Gasteiger charge is 2.47. The molecule has 0 aliphatic carbocycles. The number of benzene rings is 2. The van der Waals surface area contributed by atoms with Gasteiger partial charge in [0.2, 0.25) is 0 Å². The lowest BCUT2D eigenvalue weighted by molar-refractivity contribution is -0.142. The Balaban J connectivity index is 1.79. The monoisotopic (exact) mass is 472 g/mol. The number of aliphatic hydroxyl groups is 1. The summed E-state index contributed by atoms with van der Waals surface area (Å²) in [7, 11) is 1.50. The zero-order chi connectivity index (χ0) is 24.9. The topological polar surface area (TPSA) is 106 Å². The van der Waals surface area contributed by atoms with E-state index in [0.717, 1.165) is 0 Å². The molecule has 1 aromatic heterocycles. The second-order valence-electron chi connectivity index (χ2n) is 7.84. The van der Waals surface area contributed by atoms with Gasteiger partial charge in [0.15, 0.2) is 0 Å². The summed E-state index contributed by atoms with van der Waals surface area (Å²) in [5.41, 5.74) is 2.01. The van der Waals surface area contributed by atoms with Crippen molar-refractivity contribution in [3.63, 3.8) is 0 Å². The van der Waals surface area contributed by atoms with Crippen molar-refractivity contribution in [1.29, 1.82) is 0 Å². The lowest BCUT2D eigenvalue weighted by atomic mass is 9.96. The SMILES string of the molecule is CCOC(=O)Cc1ccc(N2C(=O)C(=O)/C(=C(\O)c3cccc(OC)c3)C2c2cccnc2)cc1. The number of ketones is 1. The molecule has 0 radical (unpaired) electrons. The zero-order valence-electron chi connectivity index (χ0n) is 19.3. The molecule has 8 heteroatoms. The fourth-order valence-electron chi connectivity index (χ4n) is 4.03. The van der Waals surface area contributed by atoms with Crippen LogP contribution in [0.3, 0.4) is 0 Å². The summed E-state index contributed by atoms with van der Waals surface area (Å²) in [6.45, 7) is 2.03. The van der Waals surface area contributed by atoms with E-state index in [1.54, 1.807) is 80.0 Å². The Labute approximate surface area is 202 Å². The van der Waals surface area contributed by atoms with Crippen LogP contribution in [0.1, 0.15) is 29.7 Å². The quantitative estimate of drug-likeness (QED) is 0.241. The van der Waals surface area contributed by atoms with Crippen molar-refractivity contribution in [2.24, 2.45) is 0 Å². The van der Waals surface area contributed by atoms with Crippen LogP contribution in [0, 0.1) is 0 Å². The molecule has 2 aromatic carbocycles. The van der Waals surface area contributed by atoms with Gasteiger partial charge in [-0.2, -0.15) is 0 Å². The molecule has 4 rings (SSSR count). The molecule has 0 saturated carbocycles. The third-order valence-corrected chi connectivity index (χ3v) is 5.66. The van der Waals surface area contributed by atoms with Gasteiger partial charge >= 0.3 is 5.97 Å². The molecule has 2 heterocycles. The molecule has 1 unspecified atom stereocenters. The maximum atomic E-state index is 13.2. The van der Waals surface area contributed by atoms with Crippen LogP contribution in [0.5, 0.6) is 5.75 Å². The minimum atomic E-state index is -0.897. The van der Waals surface area contributed by atoms with Crippen molar-refractivity contribution < 1.29 is 29.0 Å². The van der Waals surface area contributed by atoms with Crippen molar-refractivity contribution in [1.82, 2.24) is 4.98 Å². The number of amides is 1. The molecule has 178 valence electrons. The van der Waals surface area contributed by atoms with Crippen molar-refractivity contribution in [3.05, 3.63) is 95.3 Å². The molecule has 1 fully saturated rings. The van der Waals surface area contributed by atoms with E-state index < -0.39 is 17.7 Å². The van der Waals surface area contributed by atoms with E-state index in [1.165, 1.54) is 12.0 Å². The number of pyridine rings is 1. The zero-order valence-corrected chi connectivity index (χ0v) is 19.3. The lowest BCUT2D eigenvalue weighted by Gasteiger charge is -2.25. The Kier molecular flexibility index (Phi) is 6.91. The number of hydrogen-bond acceptors (Lipinski definition) is 7. The molecule has 1 atom stereocenters. The van der Waals surface area contributed by atoms with Gasteiger partial charge in [-0.1, -0.05) is 30.3 Å². The van der Waals surface area contributed by atoms with Gasteiger partial charge < -0.3 is 14.6 Å². The van der Waals surface area contributed by atoms with Crippen LogP contribution in [0.25, 0.3) is 5.76 Å². The molecule has 8 nitrogen and oxygen atoms in total. The highest BCUT2D eigenvalue weighted by Crippen LogP contribution is 2.42. The Hall–Kier alpha value is -4.46. The summed E-state index contributed by atoms with van der Waals surface area (Å²) in [5.74, 6) is -1.75. The number of methoxy groups -OCH3 is 1. The number of esters is 1. The number of hydrogen-bond donors (Lipinski definition) is 1. The summed E-state index contributed by atoms with van der Waals surface area (Å²) >= 11 is 0. The standard InChI is InChI=1S/C27H24N2O6/c1-3-35-22(30)14-17-9-11-20(12-10-17)29-24(19-7-5-13-28-16-19)23(26(32)27(29)33)25(31)18-6-4-8-21(15-18)34-2/h4-13,15-16,24,31H,3,14H2,1-2H3/b25-23-. The Morgan fingerprint density at radius 3 is 2.51 bits per heavy atom. The first-order valence-electron chi connectivity index (χ1n) is 11.0. The predicted octanol–water partition coefficient (Wildman–Crippen LogP) is 3.82. The van der Waals surface area contributed by atoms with Gasteiger partial charge in [-0.3, -0.25) is 24.3 Å². The summed E-state index contributed by atoms with van der Waals surface area (Å²) in [4.78, 5) is 43.7. The van der Waals surface area contributed by atoms with Crippen LogP contribution in [0.2, 0.25) is 0 Å². The van der Waals surface area contributed by atoms with Crippen LogP contribution >= 0.6 is 0 Å². The van der Waals surface area contributed by atoms with Crippen LogP contribution < -0.4 is 9.64 Å². The first kappa shape index (κ1) is 23.7. The number of anilines is 1. The van der Waals surface area contributed by atoms with Gasteiger partial charge in [-0.25, -0.2) is 0 Å². The van der Waals surface area contributed by atoms with E-state index in [2.05, 4.69) is 4.98 Å². The first-order valence-corrected chi connectivity index (χ1v) is 11.0. The second-order valence-corrected chi connectivity index (χ2v) is 7.84. The molecule has 1 aliphatic heterocycles. The fraction of sp³-hybridized carbons (Fsp3) is 0.185. The van der Waals surface area contributed by atoms with Crippen molar-refractivity contribution >= 4 is 29.1 Å². The fourth-order valence-corrected chi connectivity index (χ4v) is 4.03. The maximum absolute atomic E-state index is 13.2.